The average Bonchev–Trinajstić information content (AvgIpc) is 2.33. The summed E-state index contributed by atoms with van der Waals surface area (Å²) in [5.41, 5.74) is 0.734. The molecule has 0 aliphatic carbocycles. The monoisotopic (exact) mass is 117 g/mol. The van der Waals surface area contributed by atoms with E-state index in [2.05, 4.69) is 17.4 Å². The summed E-state index contributed by atoms with van der Waals surface area (Å²) in [6, 6.07) is 8.26. The smallest absolute Gasteiger partial charge is 0.168 e. The molecule has 2 radical (unpaired) electrons. The summed E-state index contributed by atoms with van der Waals surface area (Å²) in [6.07, 6.45) is 2.68. The fourth-order valence-electron chi connectivity index (χ4n) is 0.704. The molecule has 2 nitrogen and oxygen atoms in total. The Labute approximate surface area is 52.1 Å². The van der Waals surface area contributed by atoms with Gasteiger partial charge in [0.25, 0.3) is 0 Å². The van der Waals surface area contributed by atoms with Crippen LogP contribution in [-0.2, 0) is 0 Å². The van der Waals surface area contributed by atoms with E-state index in [0.717, 1.165) is 11.0 Å². The van der Waals surface area contributed by atoms with Crippen molar-refractivity contribution in [1.82, 2.24) is 5.16 Å². The third-order valence-corrected chi connectivity index (χ3v) is 1.14. The van der Waals surface area contributed by atoms with Crippen LogP contribution in [0.4, 0.5) is 0 Å². The maximum atomic E-state index is 4.78. The minimum Gasteiger partial charge on any atom is -0.356 e. The van der Waals surface area contributed by atoms with E-state index >= 15 is 0 Å². The van der Waals surface area contributed by atoms with Crippen LogP contribution in [0.25, 0.3) is 11.0 Å². The third kappa shape index (κ3) is 0.598. The van der Waals surface area contributed by atoms with E-state index in [0.29, 0.717) is 0 Å². The van der Waals surface area contributed by atoms with Crippen molar-refractivity contribution in [3.05, 3.63) is 30.5 Å². The van der Waals surface area contributed by atoms with Crippen LogP contribution in [0.2, 0.25) is 0 Å². The molecule has 42 valence electrons. The molecule has 0 fully saturated rings. The van der Waals surface area contributed by atoms with Gasteiger partial charge in [-0.25, -0.2) is 0 Å². The Balaban J connectivity index is 2.95. The second-order valence-corrected chi connectivity index (χ2v) is 1.72. The van der Waals surface area contributed by atoms with E-state index in [9.17, 15) is 0 Å². The molecule has 0 bridgehead atoms. The Morgan fingerprint density at radius 2 is 2.56 bits per heavy atom. The quantitative estimate of drug-likeness (QED) is 0.521. The van der Waals surface area contributed by atoms with Crippen molar-refractivity contribution in [2.24, 2.45) is 0 Å². The highest BCUT2D eigenvalue weighted by atomic mass is 16.5. The number of rotatable bonds is 0. The van der Waals surface area contributed by atoms with Crippen LogP contribution in [-0.4, -0.2) is 5.16 Å². The molecule has 0 unspecified atom stereocenters. The lowest BCUT2D eigenvalue weighted by molar-refractivity contribution is 0.454. The zero-order valence-electron chi connectivity index (χ0n) is 4.59. The minimum absolute atomic E-state index is 0.734. The van der Waals surface area contributed by atoms with Crippen molar-refractivity contribution in [3.63, 3.8) is 0 Å². The molecular weight excluding hydrogens is 114 g/mol. The van der Waals surface area contributed by atoms with Gasteiger partial charge >= 0.3 is 0 Å². The van der Waals surface area contributed by atoms with Crippen LogP contribution in [0.1, 0.15) is 0 Å². The molecule has 9 heavy (non-hydrogen) atoms. The zero-order valence-corrected chi connectivity index (χ0v) is 4.59. The molecular formula is C7H3NO. The zero-order chi connectivity index (χ0) is 6.10. The summed E-state index contributed by atoms with van der Waals surface area (Å²) in [7, 11) is 0. The van der Waals surface area contributed by atoms with Gasteiger partial charge in [0.05, 0.1) is 5.39 Å². The van der Waals surface area contributed by atoms with Crippen molar-refractivity contribution >= 4 is 11.0 Å². The number of nitrogens with zero attached hydrogens (tertiary/aromatic N) is 1. The predicted octanol–water partition coefficient (Wildman–Crippen LogP) is 1.43. The fraction of sp³-hybridized carbons (Fsp3) is 0. The lowest BCUT2D eigenvalue weighted by Crippen LogP contribution is -1.58. The second-order valence-electron chi connectivity index (χ2n) is 1.72. The molecule has 2 heteroatoms. The third-order valence-electron chi connectivity index (χ3n) is 1.14. The van der Waals surface area contributed by atoms with Crippen molar-refractivity contribution in [2.45, 2.75) is 0 Å². The molecule has 0 aliphatic heterocycles. The number of hydrogen-bond donors (Lipinski definition) is 0. The average molecular weight is 117 g/mol. The van der Waals surface area contributed by atoms with Crippen molar-refractivity contribution in [3.8, 4) is 0 Å². The van der Waals surface area contributed by atoms with Gasteiger partial charge in [0.15, 0.2) is 5.58 Å². The number of hydrogen-bond acceptors (Lipinski definition) is 2. The maximum Gasteiger partial charge on any atom is 0.168 e. The Bertz CT molecular complexity index is 283. The predicted molar refractivity (Wildman–Crippen MR) is 31.7 cm³/mol. The summed E-state index contributed by atoms with van der Waals surface area (Å²) >= 11 is 0. The highest BCUT2D eigenvalue weighted by Crippen LogP contribution is 2.09. The van der Waals surface area contributed by atoms with E-state index in [-0.39, 0.29) is 0 Å². The fourth-order valence-corrected chi connectivity index (χ4v) is 0.704. The van der Waals surface area contributed by atoms with Crippen LogP contribution in [0, 0.1) is 12.3 Å². The van der Waals surface area contributed by atoms with Gasteiger partial charge in [-0.1, -0.05) is 11.2 Å². The molecule has 0 saturated carbocycles. The van der Waals surface area contributed by atoms with Crippen molar-refractivity contribution in [2.75, 3.05) is 0 Å². The molecule has 0 spiro atoms. The largest absolute Gasteiger partial charge is 0.356 e. The van der Waals surface area contributed by atoms with Gasteiger partial charge in [-0.2, -0.15) is 0 Å². The van der Waals surface area contributed by atoms with Gasteiger partial charge in [-0.3, -0.25) is 0 Å². The highest BCUT2D eigenvalue weighted by Gasteiger charge is 1.92. The highest BCUT2D eigenvalue weighted by molar-refractivity contribution is 5.74. The molecule has 0 amide bonds. The first kappa shape index (κ1) is 4.56. The first-order chi connectivity index (χ1) is 4.47. The van der Waals surface area contributed by atoms with Crippen LogP contribution < -0.4 is 0 Å². The van der Waals surface area contributed by atoms with Crippen LogP contribution >= 0.6 is 0 Å². The summed E-state index contributed by atoms with van der Waals surface area (Å²) < 4.78 is 4.78. The first-order valence-electron chi connectivity index (χ1n) is 2.60. The Hall–Kier alpha value is -1.31. The van der Waals surface area contributed by atoms with E-state index in [4.69, 9.17) is 4.52 Å². The topological polar surface area (TPSA) is 26.0 Å². The minimum atomic E-state index is 0.734. The lowest BCUT2D eigenvalue weighted by Gasteiger charge is -1.77. The Morgan fingerprint density at radius 1 is 1.56 bits per heavy atom. The molecule has 2 aromatic rings. The number of aromatic nitrogens is 1. The number of benzene rings is 1. The van der Waals surface area contributed by atoms with Gasteiger partial charge in [0.2, 0.25) is 0 Å². The van der Waals surface area contributed by atoms with Gasteiger partial charge < -0.3 is 4.52 Å². The molecule has 0 saturated heterocycles. The van der Waals surface area contributed by atoms with Gasteiger partial charge in [-0.15, -0.1) is 0 Å². The second kappa shape index (κ2) is 1.58. The molecule has 0 N–H and O–H groups in total. The normalized spacial score (nSPS) is 10.2. The van der Waals surface area contributed by atoms with E-state index in [1.54, 1.807) is 12.1 Å². The molecule has 1 aromatic heterocycles. The summed E-state index contributed by atoms with van der Waals surface area (Å²) in [5, 5.41) is 4.38. The van der Waals surface area contributed by atoms with Gasteiger partial charge in [0.1, 0.15) is 6.20 Å². The lowest BCUT2D eigenvalue weighted by atomic mass is 10.3. The van der Waals surface area contributed by atoms with E-state index < -0.39 is 0 Å². The molecule has 0 atom stereocenters. The van der Waals surface area contributed by atoms with E-state index in [1.807, 2.05) is 6.07 Å². The van der Waals surface area contributed by atoms with Crippen LogP contribution in [0.5, 0.6) is 0 Å². The summed E-state index contributed by atoms with van der Waals surface area (Å²) in [6.45, 7) is 0. The van der Waals surface area contributed by atoms with Crippen LogP contribution in [0.15, 0.2) is 22.7 Å². The van der Waals surface area contributed by atoms with Gasteiger partial charge in [0, 0.05) is 0 Å². The SMILES string of the molecule is [c]1ccc2[c]noc2c1. The van der Waals surface area contributed by atoms with Gasteiger partial charge in [-0.05, 0) is 18.2 Å². The molecule has 1 heterocycles. The van der Waals surface area contributed by atoms with Crippen LogP contribution in [0.3, 0.4) is 0 Å². The maximum absolute atomic E-state index is 4.78. The molecule has 2 rings (SSSR count). The number of fused-ring (bicyclic) bond motifs is 1. The Morgan fingerprint density at radius 3 is 3.44 bits per heavy atom. The summed E-state index contributed by atoms with van der Waals surface area (Å²) in [4.78, 5) is 0. The van der Waals surface area contributed by atoms with E-state index in [1.165, 1.54) is 0 Å². The Kier molecular flexibility index (Phi) is 0.803. The first-order valence-corrected chi connectivity index (χ1v) is 2.60. The van der Waals surface area contributed by atoms with Crippen molar-refractivity contribution in [1.29, 1.82) is 0 Å². The molecule has 1 aromatic carbocycles. The van der Waals surface area contributed by atoms with Crippen molar-refractivity contribution < 1.29 is 4.52 Å². The molecule has 0 aliphatic rings. The summed E-state index contributed by atoms with van der Waals surface area (Å²) in [5.74, 6) is 0. The standard InChI is InChI=1S/C7H3NO/c1-2-4-7-6(3-1)5-8-9-7/h1,3-4H.